The molecule has 1 fully saturated rings. The van der Waals surface area contributed by atoms with Crippen molar-refractivity contribution < 1.29 is 18.7 Å². The number of nitrogens with zero attached hydrogens (tertiary/aromatic N) is 2. The van der Waals surface area contributed by atoms with Gasteiger partial charge in [-0.2, -0.15) is 0 Å². The summed E-state index contributed by atoms with van der Waals surface area (Å²) in [6.45, 7) is 3.65. The molecule has 7 nitrogen and oxygen atoms in total. The predicted molar refractivity (Wildman–Crippen MR) is 93.8 cm³/mol. The fourth-order valence-corrected chi connectivity index (χ4v) is 2.76. The van der Waals surface area contributed by atoms with Crippen molar-refractivity contribution in [3.05, 3.63) is 48.4 Å². The average molecular weight is 343 g/mol. The van der Waals surface area contributed by atoms with Crippen LogP contribution in [0.25, 0.3) is 0 Å². The Morgan fingerprint density at radius 1 is 1.12 bits per heavy atom. The van der Waals surface area contributed by atoms with Gasteiger partial charge in [0.1, 0.15) is 6.26 Å². The third-order valence-electron chi connectivity index (χ3n) is 4.23. The number of nitrogens with one attached hydrogen (secondary N) is 1. The molecule has 0 bridgehead atoms. The minimum absolute atomic E-state index is 0.196. The highest BCUT2D eigenvalue weighted by Gasteiger charge is 2.19. The molecule has 25 heavy (non-hydrogen) atoms. The summed E-state index contributed by atoms with van der Waals surface area (Å²) in [6, 6.07) is 9.36. The van der Waals surface area contributed by atoms with Crippen molar-refractivity contribution in [3.8, 4) is 0 Å². The number of hydrogen-bond donors (Lipinski definition) is 1. The second kappa shape index (κ2) is 7.85. The SMILES string of the molecule is COC(=O)CN1CCN(c2ccc(NC(=O)c3ccoc3)cc2)CC1. The minimum Gasteiger partial charge on any atom is -0.472 e. The number of rotatable bonds is 5. The highest BCUT2D eigenvalue weighted by molar-refractivity contribution is 6.04. The highest BCUT2D eigenvalue weighted by atomic mass is 16.5. The van der Waals surface area contributed by atoms with Crippen LogP contribution in [0.4, 0.5) is 11.4 Å². The normalized spacial score (nSPS) is 15.0. The summed E-state index contributed by atoms with van der Waals surface area (Å²) >= 11 is 0. The Kier molecular flexibility index (Phi) is 5.35. The molecule has 0 atom stereocenters. The van der Waals surface area contributed by atoms with Gasteiger partial charge in [0.15, 0.2) is 0 Å². The van der Waals surface area contributed by atoms with Crippen LogP contribution in [0.15, 0.2) is 47.3 Å². The topological polar surface area (TPSA) is 75.0 Å². The Balaban J connectivity index is 1.53. The molecule has 0 aliphatic carbocycles. The van der Waals surface area contributed by atoms with Crippen LogP contribution < -0.4 is 10.2 Å². The first-order chi connectivity index (χ1) is 12.2. The molecular formula is C18H21N3O4. The van der Waals surface area contributed by atoms with E-state index in [0.717, 1.165) is 37.6 Å². The lowest BCUT2D eigenvalue weighted by Crippen LogP contribution is -2.48. The zero-order chi connectivity index (χ0) is 17.6. The number of hydrogen-bond acceptors (Lipinski definition) is 6. The van der Waals surface area contributed by atoms with Gasteiger partial charge in [0, 0.05) is 37.6 Å². The Hall–Kier alpha value is -2.80. The third kappa shape index (κ3) is 4.39. The number of anilines is 2. The van der Waals surface area contributed by atoms with E-state index in [2.05, 4.69) is 15.1 Å². The third-order valence-corrected chi connectivity index (χ3v) is 4.23. The summed E-state index contributed by atoms with van der Waals surface area (Å²) in [4.78, 5) is 27.7. The monoisotopic (exact) mass is 343 g/mol. The van der Waals surface area contributed by atoms with Crippen molar-refractivity contribution in [1.82, 2.24) is 4.90 Å². The maximum absolute atomic E-state index is 12.0. The quantitative estimate of drug-likeness (QED) is 0.835. The van der Waals surface area contributed by atoms with Crippen molar-refractivity contribution >= 4 is 23.3 Å². The molecule has 1 amide bonds. The van der Waals surface area contributed by atoms with E-state index in [-0.39, 0.29) is 11.9 Å². The number of ether oxygens (including phenoxy) is 1. The van der Waals surface area contributed by atoms with Crippen LogP contribution in [0.1, 0.15) is 10.4 Å². The first-order valence-corrected chi connectivity index (χ1v) is 8.13. The number of carbonyl (C=O) groups is 2. The summed E-state index contributed by atoms with van der Waals surface area (Å²) in [5, 5.41) is 2.83. The summed E-state index contributed by atoms with van der Waals surface area (Å²) in [7, 11) is 1.41. The van der Waals surface area contributed by atoms with Gasteiger partial charge < -0.3 is 19.4 Å². The van der Waals surface area contributed by atoms with E-state index in [1.54, 1.807) is 6.07 Å². The molecule has 2 heterocycles. The van der Waals surface area contributed by atoms with Crippen molar-refractivity contribution in [1.29, 1.82) is 0 Å². The van der Waals surface area contributed by atoms with Crippen molar-refractivity contribution in [2.45, 2.75) is 0 Å². The van der Waals surface area contributed by atoms with Crippen LogP contribution >= 0.6 is 0 Å². The van der Waals surface area contributed by atoms with Crippen LogP contribution in [0.2, 0.25) is 0 Å². The number of amides is 1. The van der Waals surface area contributed by atoms with Crippen LogP contribution in [0.3, 0.4) is 0 Å². The maximum Gasteiger partial charge on any atom is 0.319 e. The summed E-state index contributed by atoms with van der Waals surface area (Å²) in [5.41, 5.74) is 2.32. The fraction of sp³-hybridized carbons (Fsp3) is 0.333. The minimum atomic E-state index is -0.203. The van der Waals surface area contributed by atoms with Gasteiger partial charge in [-0.05, 0) is 30.3 Å². The molecule has 3 rings (SSSR count). The van der Waals surface area contributed by atoms with Gasteiger partial charge in [-0.3, -0.25) is 14.5 Å². The molecule has 1 N–H and O–H groups in total. The molecule has 1 saturated heterocycles. The van der Waals surface area contributed by atoms with E-state index in [9.17, 15) is 9.59 Å². The molecule has 1 aromatic carbocycles. The van der Waals surface area contributed by atoms with Crippen LogP contribution in [-0.4, -0.2) is 56.6 Å². The van der Waals surface area contributed by atoms with Gasteiger partial charge >= 0.3 is 5.97 Å². The Morgan fingerprint density at radius 3 is 2.44 bits per heavy atom. The second-order valence-corrected chi connectivity index (χ2v) is 5.85. The molecule has 0 radical (unpaired) electrons. The first kappa shape index (κ1) is 17.0. The predicted octanol–water partition coefficient (Wildman–Crippen LogP) is 1.83. The van der Waals surface area contributed by atoms with Crippen LogP contribution in [0.5, 0.6) is 0 Å². The maximum atomic E-state index is 12.0. The molecule has 1 aliphatic heterocycles. The molecule has 1 aliphatic rings. The van der Waals surface area contributed by atoms with Gasteiger partial charge in [0.05, 0.1) is 25.5 Å². The number of furan rings is 1. The molecule has 132 valence electrons. The average Bonchev–Trinajstić information content (AvgIpc) is 3.18. The molecular weight excluding hydrogens is 322 g/mol. The summed E-state index contributed by atoms with van der Waals surface area (Å²) < 4.78 is 9.61. The van der Waals surface area contributed by atoms with E-state index in [1.165, 1.54) is 19.6 Å². The zero-order valence-corrected chi connectivity index (χ0v) is 14.1. The van der Waals surface area contributed by atoms with Crippen molar-refractivity contribution in [2.75, 3.05) is 50.1 Å². The Labute approximate surface area is 146 Å². The van der Waals surface area contributed by atoms with Crippen molar-refractivity contribution in [2.24, 2.45) is 0 Å². The number of carbonyl (C=O) groups excluding carboxylic acids is 2. The molecule has 2 aromatic rings. The molecule has 1 aromatic heterocycles. The van der Waals surface area contributed by atoms with Gasteiger partial charge in [0.2, 0.25) is 0 Å². The van der Waals surface area contributed by atoms with Gasteiger partial charge in [0.25, 0.3) is 5.91 Å². The number of benzene rings is 1. The molecule has 7 heteroatoms. The zero-order valence-electron chi connectivity index (χ0n) is 14.1. The first-order valence-electron chi connectivity index (χ1n) is 8.13. The fourth-order valence-electron chi connectivity index (χ4n) is 2.76. The van der Waals surface area contributed by atoms with E-state index in [0.29, 0.717) is 12.1 Å². The standard InChI is InChI=1S/C18H21N3O4/c1-24-17(22)12-20-7-9-21(10-8-20)16-4-2-15(3-5-16)19-18(23)14-6-11-25-13-14/h2-6,11,13H,7-10,12H2,1H3,(H,19,23). The lowest BCUT2D eigenvalue weighted by molar-refractivity contribution is -0.142. The number of esters is 1. The van der Waals surface area contributed by atoms with Crippen LogP contribution in [-0.2, 0) is 9.53 Å². The molecule has 0 unspecified atom stereocenters. The van der Waals surface area contributed by atoms with Crippen LogP contribution in [0, 0.1) is 0 Å². The lowest BCUT2D eigenvalue weighted by atomic mass is 10.2. The smallest absolute Gasteiger partial charge is 0.319 e. The molecule has 0 spiro atoms. The van der Waals surface area contributed by atoms with E-state index in [4.69, 9.17) is 9.15 Å². The number of methoxy groups -OCH3 is 1. The number of piperazine rings is 1. The van der Waals surface area contributed by atoms with E-state index >= 15 is 0 Å². The van der Waals surface area contributed by atoms with Gasteiger partial charge in [-0.25, -0.2) is 0 Å². The Bertz CT molecular complexity index is 704. The van der Waals surface area contributed by atoms with Gasteiger partial charge in [-0.1, -0.05) is 0 Å². The largest absolute Gasteiger partial charge is 0.472 e. The van der Waals surface area contributed by atoms with E-state index < -0.39 is 0 Å². The van der Waals surface area contributed by atoms with Gasteiger partial charge in [-0.15, -0.1) is 0 Å². The summed E-state index contributed by atoms with van der Waals surface area (Å²) in [6.07, 6.45) is 2.88. The van der Waals surface area contributed by atoms with E-state index in [1.807, 2.05) is 24.3 Å². The summed E-state index contributed by atoms with van der Waals surface area (Å²) in [5.74, 6) is -0.399. The Morgan fingerprint density at radius 2 is 1.84 bits per heavy atom. The van der Waals surface area contributed by atoms with Crippen molar-refractivity contribution in [3.63, 3.8) is 0 Å². The second-order valence-electron chi connectivity index (χ2n) is 5.85. The molecule has 0 saturated carbocycles. The lowest BCUT2D eigenvalue weighted by Gasteiger charge is -2.35. The highest BCUT2D eigenvalue weighted by Crippen LogP contribution is 2.20.